The smallest absolute Gasteiger partial charge is 0.308 e. The number of hydrogen-bond donors (Lipinski definition) is 2. The van der Waals surface area contributed by atoms with Crippen LogP contribution in [-0.4, -0.2) is 47.6 Å². The highest BCUT2D eigenvalue weighted by atomic mass is 16.5. The van der Waals surface area contributed by atoms with E-state index in [4.69, 9.17) is 4.74 Å². The lowest BCUT2D eigenvalue weighted by Crippen LogP contribution is -2.56. The van der Waals surface area contributed by atoms with Crippen LogP contribution in [0.5, 0.6) is 11.5 Å². The number of ether oxygens (including phenoxy) is 1. The van der Waals surface area contributed by atoms with Crippen molar-refractivity contribution in [3.63, 3.8) is 0 Å². The Morgan fingerprint density at radius 3 is 2.83 bits per heavy atom. The van der Waals surface area contributed by atoms with Gasteiger partial charge >= 0.3 is 5.97 Å². The zero-order chi connectivity index (χ0) is 24.8. The summed E-state index contributed by atoms with van der Waals surface area (Å²) in [6.45, 7) is 8.14. The van der Waals surface area contributed by atoms with Crippen molar-refractivity contribution in [1.82, 2.24) is 10.2 Å². The second-order valence-corrected chi connectivity index (χ2v) is 9.69. The van der Waals surface area contributed by atoms with Gasteiger partial charge < -0.3 is 15.2 Å². The summed E-state index contributed by atoms with van der Waals surface area (Å²) in [5, 5.41) is 12.8. The number of nitrogens with one attached hydrogen (secondary N) is 1. The second-order valence-electron chi connectivity index (χ2n) is 9.69. The first-order valence-corrected chi connectivity index (χ1v) is 12.3. The minimum atomic E-state index is -0.329. The molecule has 3 atom stereocenters. The quantitative estimate of drug-likeness (QED) is 0.268. The third kappa shape index (κ3) is 6.01. The second kappa shape index (κ2) is 10.9. The topological polar surface area (TPSA) is 78.9 Å². The molecule has 1 saturated carbocycles. The molecule has 1 heterocycles. The van der Waals surface area contributed by atoms with Crippen molar-refractivity contribution in [1.29, 1.82) is 0 Å². The average molecular weight is 475 g/mol. The van der Waals surface area contributed by atoms with Gasteiger partial charge in [-0.3, -0.25) is 14.5 Å². The number of hydrogen-bond acceptors (Lipinski definition) is 5. The predicted molar refractivity (Wildman–Crippen MR) is 137 cm³/mol. The van der Waals surface area contributed by atoms with Gasteiger partial charge in [0.15, 0.2) is 0 Å². The third-order valence-electron chi connectivity index (χ3n) is 7.31. The van der Waals surface area contributed by atoms with Crippen LogP contribution >= 0.6 is 0 Å². The number of fused-ring (bicyclic) bond motifs is 1. The maximum absolute atomic E-state index is 12.7. The minimum Gasteiger partial charge on any atom is -0.508 e. The van der Waals surface area contributed by atoms with Gasteiger partial charge in [-0.1, -0.05) is 30.3 Å². The molecule has 2 aliphatic rings. The van der Waals surface area contributed by atoms with Crippen molar-refractivity contribution in [3.8, 4) is 11.5 Å². The maximum Gasteiger partial charge on any atom is 0.308 e. The van der Waals surface area contributed by atoms with Gasteiger partial charge in [0, 0.05) is 37.5 Å². The number of amides is 1. The third-order valence-corrected chi connectivity index (χ3v) is 7.31. The van der Waals surface area contributed by atoms with Gasteiger partial charge in [0.05, 0.1) is 0 Å². The summed E-state index contributed by atoms with van der Waals surface area (Å²) in [4.78, 5) is 26.7. The highest BCUT2D eigenvalue weighted by molar-refractivity contribution is 5.92. The van der Waals surface area contributed by atoms with E-state index in [1.807, 2.05) is 30.3 Å². The fraction of sp³-hybridized carbons (Fsp3) is 0.379. The van der Waals surface area contributed by atoms with Crippen LogP contribution in [0, 0.1) is 5.92 Å². The number of piperidine rings is 1. The Morgan fingerprint density at radius 2 is 2.06 bits per heavy atom. The number of phenolic OH excluding ortho intramolecular Hbond substituents is 1. The number of carbonyl (C=O) groups excluding carboxylic acids is 2. The summed E-state index contributed by atoms with van der Waals surface area (Å²) >= 11 is 0. The van der Waals surface area contributed by atoms with E-state index < -0.39 is 0 Å². The van der Waals surface area contributed by atoms with Gasteiger partial charge in [-0.05, 0) is 79.6 Å². The number of carbonyl (C=O) groups is 2. The van der Waals surface area contributed by atoms with Gasteiger partial charge in [-0.25, -0.2) is 0 Å². The lowest BCUT2D eigenvalue weighted by molar-refractivity contribution is -0.131. The van der Waals surface area contributed by atoms with Crippen LogP contribution in [0.15, 0.2) is 67.3 Å². The molecule has 4 rings (SSSR count). The highest BCUT2D eigenvalue weighted by Gasteiger charge is 2.48. The van der Waals surface area contributed by atoms with Crippen LogP contribution in [0.4, 0.5) is 0 Å². The van der Waals surface area contributed by atoms with Crippen LogP contribution in [0.2, 0.25) is 0 Å². The summed E-state index contributed by atoms with van der Waals surface area (Å²) in [7, 11) is 0. The van der Waals surface area contributed by atoms with Gasteiger partial charge in [0.2, 0.25) is 5.91 Å². The summed E-state index contributed by atoms with van der Waals surface area (Å²) in [6, 6.07) is 14.8. The Kier molecular flexibility index (Phi) is 7.71. The molecule has 0 aromatic heterocycles. The number of esters is 1. The maximum atomic E-state index is 12.7. The molecule has 0 radical (unpaired) electrons. The minimum absolute atomic E-state index is 0.0518. The van der Waals surface area contributed by atoms with E-state index in [2.05, 4.69) is 22.9 Å². The molecule has 0 bridgehead atoms. The van der Waals surface area contributed by atoms with E-state index >= 15 is 0 Å². The molecule has 2 N–H and O–H groups in total. The summed E-state index contributed by atoms with van der Waals surface area (Å²) in [5.74, 6) is 0.720. The lowest BCUT2D eigenvalue weighted by atomic mass is 9.58. The SMILES string of the molecule is C=CCN1CC[C@@]2(c3cccc(OC(C)=O)c3)C[C@H](NC(=O)C=Cc3cccc(O)c3)CC[C@@H]2C1. The van der Waals surface area contributed by atoms with Crippen LogP contribution in [0.25, 0.3) is 6.08 Å². The van der Waals surface area contributed by atoms with E-state index in [0.717, 1.165) is 50.9 Å². The van der Waals surface area contributed by atoms with Crippen molar-refractivity contribution < 1.29 is 19.4 Å². The Labute approximate surface area is 207 Å². The van der Waals surface area contributed by atoms with Gasteiger partial charge in [-0.2, -0.15) is 0 Å². The molecule has 6 nitrogen and oxygen atoms in total. The van der Waals surface area contributed by atoms with Gasteiger partial charge in [-0.15, -0.1) is 6.58 Å². The van der Waals surface area contributed by atoms with Crippen molar-refractivity contribution in [3.05, 3.63) is 78.4 Å². The van der Waals surface area contributed by atoms with Gasteiger partial charge in [0.1, 0.15) is 11.5 Å². The lowest BCUT2D eigenvalue weighted by Gasteiger charge is -2.53. The molecular weight excluding hydrogens is 440 g/mol. The van der Waals surface area contributed by atoms with Crippen molar-refractivity contribution in [2.24, 2.45) is 5.92 Å². The number of nitrogens with zero attached hydrogens (tertiary/aromatic N) is 1. The molecule has 2 aromatic carbocycles. The molecular formula is C29H34N2O4. The standard InChI is InChI=1S/C29H34N2O4/c1-3-15-31-16-14-29(23-7-5-9-27(18-23)35-21(2)32)19-25(12-11-24(29)20-31)30-28(34)13-10-22-6-4-8-26(33)17-22/h3-10,13,17-18,24-25,33H,1,11-12,14-16,19-20H2,2H3,(H,30,34)/t24-,25-,29+/m1/s1. The Bertz CT molecular complexity index is 1110. The normalized spacial score (nSPS) is 24.5. The molecule has 1 aliphatic heterocycles. The van der Waals surface area contributed by atoms with Gasteiger partial charge in [0.25, 0.3) is 0 Å². The Hall–Kier alpha value is -3.38. The van der Waals surface area contributed by atoms with Crippen molar-refractivity contribution in [2.75, 3.05) is 19.6 Å². The molecule has 184 valence electrons. The highest BCUT2D eigenvalue weighted by Crippen LogP contribution is 2.49. The molecule has 0 unspecified atom stereocenters. The number of likely N-dealkylation sites (tertiary alicyclic amines) is 1. The zero-order valence-corrected chi connectivity index (χ0v) is 20.3. The molecule has 0 spiro atoms. The molecule has 1 aliphatic carbocycles. The fourth-order valence-corrected chi connectivity index (χ4v) is 5.77. The fourth-order valence-electron chi connectivity index (χ4n) is 5.77. The van der Waals surface area contributed by atoms with Crippen LogP contribution in [0.1, 0.15) is 43.7 Å². The molecule has 2 fully saturated rings. The Morgan fingerprint density at radius 1 is 1.23 bits per heavy atom. The van der Waals surface area contributed by atoms with Crippen LogP contribution in [-0.2, 0) is 15.0 Å². The van der Waals surface area contributed by atoms with E-state index in [0.29, 0.717) is 11.7 Å². The van der Waals surface area contributed by atoms with Crippen LogP contribution in [0.3, 0.4) is 0 Å². The van der Waals surface area contributed by atoms with Crippen molar-refractivity contribution >= 4 is 18.0 Å². The number of benzene rings is 2. The summed E-state index contributed by atoms with van der Waals surface area (Å²) < 4.78 is 5.40. The summed E-state index contributed by atoms with van der Waals surface area (Å²) in [6.07, 6.45) is 8.94. The molecule has 35 heavy (non-hydrogen) atoms. The number of rotatable bonds is 7. The zero-order valence-electron chi connectivity index (χ0n) is 20.3. The predicted octanol–water partition coefficient (Wildman–Crippen LogP) is 4.45. The van der Waals surface area contributed by atoms with E-state index in [-0.39, 0.29) is 29.1 Å². The van der Waals surface area contributed by atoms with E-state index in [1.54, 1.807) is 24.3 Å². The van der Waals surface area contributed by atoms with Crippen molar-refractivity contribution in [2.45, 2.75) is 44.1 Å². The molecule has 1 amide bonds. The molecule has 2 aromatic rings. The molecule has 6 heteroatoms. The average Bonchev–Trinajstić information content (AvgIpc) is 2.83. The van der Waals surface area contributed by atoms with E-state index in [9.17, 15) is 14.7 Å². The van der Waals surface area contributed by atoms with Crippen LogP contribution < -0.4 is 10.1 Å². The largest absolute Gasteiger partial charge is 0.508 e. The number of phenols is 1. The number of aromatic hydroxyl groups is 1. The first-order valence-electron chi connectivity index (χ1n) is 12.3. The molecule has 1 saturated heterocycles. The Balaban J connectivity index is 1.54. The first kappa shape index (κ1) is 24.7. The monoisotopic (exact) mass is 474 g/mol. The first-order chi connectivity index (χ1) is 16.9. The summed E-state index contributed by atoms with van der Waals surface area (Å²) in [5.41, 5.74) is 1.85. The van der Waals surface area contributed by atoms with E-state index in [1.165, 1.54) is 18.6 Å².